The summed E-state index contributed by atoms with van der Waals surface area (Å²) in [5.74, 6) is 0.564. The highest BCUT2D eigenvalue weighted by Gasteiger charge is 2.11. The number of hydrogen-bond acceptors (Lipinski definition) is 3. The summed E-state index contributed by atoms with van der Waals surface area (Å²) in [6.07, 6.45) is 2.33. The van der Waals surface area contributed by atoms with Crippen LogP contribution in [-0.2, 0) is 0 Å². The first-order valence-electron chi connectivity index (χ1n) is 5.82. The van der Waals surface area contributed by atoms with Gasteiger partial charge >= 0.3 is 5.97 Å². The predicted octanol–water partition coefficient (Wildman–Crippen LogP) is 3.68. The van der Waals surface area contributed by atoms with Gasteiger partial charge in [-0.2, -0.15) is 0 Å². The summed E-state index contributed by atoms with van der Waals surface area (Å²) in [6.45, 7) is 4.48. The van der Waals surface area contributed by atoms with Crippen LogP contribution in [0.15, 0.2) is 23.1 Å². The van der Waals surface area contributed by atoms with Crippen molar-refractivity contribution >= 4 is 17.7 Å². The largest absolute Gasteiger partial charge is 0.493 e. The minimum Gasteiger partial charge on any atom is -0.493 e. The minimum absolute atomic E-state index is 0.228. The maximum atomic E-state index is 11.0. The lowest BCUT2D eigenvalue weighted by atomic mass is 10.2. The van der Waals surface area contributed by atoms with E-state index >= 15 is 0 Å². The molecule has 0 amide bonds. The minimum atomic E-state index is -0.946. The molecule has 0 fully saturated rings. The number of ether oxygens (including phenoxy) is 1. The summed E-state index contributed by atoms with van der Waals surface area (Å²) in [5.41, 5.74) is 0.228. The van der Waals surface area contributed by atoms with Crippen molar-refractivity contribution in [3.63, 3.8) is 0 Å². The van der Waals surface area contributed by atoms with Crippen LogP contribution in [0.1, 0.15) is 37.0 Å². The Balaban J connectivity index is 2.81. The van der Waals surface area contributed by atoms with E-state index in [-0.39, 0.29) is 5.56 Å². The van der Waals surface area contributed by atoms with Crippen LogP contribution in [0.5, 0.6) is 5.75 Å². The number of carboxylic acid groups (broad SMARTS) is 1. The Morgan fingerprint density at radius 3 is 2.76 bits per heavy atom. The third-order valence-electron chi connectivity index (χ3n) is 2.25. The number of aromatic carboxylic acids is 1. The fraction of sp³-hybridized carbons (Fsp3) is 0.462. The van der Waals surface area contributed by atoms with Crippen molar-refractivity contribution in [2.45, 2.75) is 31.6 Å². The van der Waals surface area contributed by atoms with Crippen molar-refractivity contribution in [3.8, 4) is 5.75 Å². The molecule has 1 aromatic rings. The number of hydrogen-bond donors (Lipinski definition) is 1. The second-order valence-electron chi connectivity index (χ2n) is 3.60. The molecule has 0 unspecified atom stereocenters. The molecule has 0 aromatic heterocycles. The maximum absolute atomic E-state index is 11.0. The van der Waals surface area contributed by atoms with Gasteiger partial charge < -0.3 is 9.84 Å². The van der Waals surface area contributed by atoms with E-state index in [4.69, 9.17) is 9.84 Å². The van der Waals surface area contributed by atoms with Gasteiger partial charge in [-0.3, -0.25) is 0 Å². The second kappa shape index (κ2) is 7.22. The molecule has 0 aliphatic heterocycles. The molecule has 0 bridgehead atoms. The molecular formula is C13H18O3S. The molecule has 4 heteroatoms. The molecule has 0 heterocycles. The lowest BCUT2D eigenvalue weighted by Gasteiger charge is -2.09. The van der Waals surface area contributed by atoms with E-state index < -0.39 is 5.97 Å². The van der Waals surface area contributed by atoms with E-state index in [0.29, 0.717) is 12.4 Å². The van der Waals surface area contributed by atoms with Crippen LogP contribution in [-0.4, -0.2) is 23.4 Å². The van der Waals surface area contributed by atoms with Crippen LogP contribution < -0.4 is 4.74 Å². The Labute approximate surface area is 106 Å². The third-order valence-corrected chi connectivity index (χ3v) is 3.33. The highest BCUT2D eigenvalue weighted by molar-refractivity contribution is 7.99. The lowest BCUT2D eigenvalue weighted by molar-refractivity contribution is 0.0692. The van der Waals surface area contributed by atoms with Gasteiger partial charge in [-0.1, -0.05) is 13.3 Å². The zero-order chi connectivity index (χ0) is 12.7. The molecule has 3 nitrogen and oxygen atoms in total. The standard InChI is InChI=1S/C13H18O3S/c1-3-5-8-17-10-6-7-11(13(14)15)12(9-10)16-4-2/h6-7,9H,3-5,8H2,1-2H3,(H,14,15). The van der Waals surface area contributed by atoms with Gasteiger partial charge in [0, 0.05) is 4.90 Å². The predicted molar refractivity (Wildman–Crippen MR) is 70.2 cm³/mol. The van der Waals surface area contributed by atoms with Gasteiger partial charge in [0.2, 0.25) is 0 Å². The average molecular weight is 254 g/mol. The molecule has 0 radical (unpaired) electrons. The molecule has 0 spiro atoms. The highest BCUT2D eigenvalue weighted by Crippen LogP contribution is 2.27. The van der Waals surface area contributed by atoms with E-state index in [1.807, 2.05) is 19.1 Å². The number of unbranched alkanes of at least 4 members (excludes halogenated alkanes) is 1. The lowest BCUT2D eigenvalue weighted by Crippen LogP contribution is -2.02. The zero-order valence-corrected chi connectivity index (χ0v) is 11.0. The summed E-state index contributed by atoms with van der Waals surface area (Å²) < 4.78 is 5.35. The van der Waals surface area contributed by atoms with Crippen LogP contribution in [0, 0.1) is 0 Å². The monoisotopic (exact) mass is 254 g/mol. The van der Waals surface area contributed by atoms with Crippen molar-refractivity contribution in [2.75, 3.05) is 12.4 Å². The van der Waals surface area contributed by atoms with Crippen LogP contribution in [0.2, 0.25) is 0 Å². The van der Waals surface area contributed by atoms with Gasteiger partial charge in [0.15, 0.2) is 0 Å². The topological polar surface area (TPSA) is 46.5 Å². The van der Waals surface area contributed by atoms with Crippen LogP contribution in [0.25, 0.3) is 0 Å². The van der Waals surface area contributed by atoms with Gasteiger partial charge in [-0.25, -0.2) is 4.79 Å². The van der Waals surface area contributed by atoms with Crippen LogP contribution in [0.3, 0.4) is 0 Å². The fourth-order valence-corrected chi connectivity index (χ4v) is 2.40. The van der Waals surface area contributed by atoms with Gasteiger partial charge in [-0.05, 0) is 37.3 Å². The first-order chi connectivity index (χ1) is 8.19. The summed E-state index contributed by atoms with van der Waals surface area (Å²) >= 11 is 1.73. The average Bonchev–Trinajstić information content (AvgIpc) is 2.30. The first kappa shape index (κ1) is 13.9. The number of benzene rings is 1. The third kappa shape index (κ3) is 4.30. The fourth-order valence-electron chi connectivity index (χ4n) is 1.38. The van der Waals surface area contributed by atoms with Crippen LogP contribution in [0.4, 0.5) is 0 Å². The van der Waals surface area contributed by atoms with E-state index in [2.05, 4.69) is 6.92 Å². The molecule has 17 heavy (non-hydrogen) atoms. The maximum Gasteiger partial charge on any atom is 0.339 e. The molecule has 1 rings (SSSR count). The first-order valence-corrected chi connectivity index (χ1v) is 6.80. The number of thioether (sulfide) groups is 1. The van der Waals surface area contributed by atoms with E-state index in [0.717, 1.165) is 17.1 Å². The van der Waals surface area contributed by atoms with Crippen molar-refractivity contribution in [3.05, 3.63) is 23.8 Å². The molecule has 94 valence electrons. The molecule has 0 atom stereocenters. The zero-order valence-electron chi connectivity index (χ0n) is 10.2. The smallest absolute Gasteiger partial charge is 0.339 e. The van der Waals surface area contributed by atoms with Crippen molar-refractivity contribution < 1.29 is 14.6 Å². The Kier molecular flexibility index (Phi) is 5.91. The molecule has 0 saturated carbocycles. The Morgan fingerprint density at radius 2 is 2.18 bits per heavy atom. The van der Waals surface area contributed by atoms with E-state index in [1.165, 1.54) is 6.42 Å². The Morgan fingerprint density at radius 1 is 1.41 bits per heavy atom. The quantitative estimate of drug-likeness (QED) is 0.595. The van der Waals surface area contributed by atoms with Gasteiger partial charge in [0.05, 0.1) is 6.61 Å². The molecule has 1 aromatic carbocycles. The summed E-state index contributed by atoms with van der Waals surface area (Å²) in [7, 11) is 0. The molecule has 0 aliphatic carbocycles. The molecular weight excluding hydrogens is 236 g/mol. The normalized spacial score (nSPS) is 10.2. The van der Waals surface area contributed by atoms with Crippen LogP contribution >= 0.6 is 11.8 Å². The van der Waals surface area contributed by atoms with Gasteiger partial charge in [-0.15, -0.1) is 11.8 Å². The van der Waals surface area contributed by atoms with Crippen molar-refractivity contribution in [1.29, 1.82) is 0 Å². The van der Waals surface area contributed by atoms with E-state index in [9.17, 15) is 4.79 Å². The Bertz CT molecular complexity index is 377. The SMILES string of the molecule is CCCCSc1ccc(C(=O)O)c(OCC)c1. The second-order valence-corrected chi connectivity index (χ2v) is 4.77. The van der Waals surface area contributed by atoms with Gasteiger partial charge in [0.25, 0.3) is 0 Å². The van der Waals surface area contributed by atoms with E-state index in [1.54, 1.807) is 17.8 Å². The molecule has 0 saturated heterocycles. The van der Waals surface area contributed by atoms with Crippen molar-refractivity contribution in [1.82, 2.24) is 0 Å². The number of carboxylic acids is 1. The highest BCUT2D eigenvalue weighted by atomic mass is 32.2. The molecule has 1 N–H and O–H groups in total. The van der Waals surface area contributed by atoms with Crippen molar-refractivity contribution in [2.24, 2.45) is 0 Å². The molecule has 0 aliphatic rings. The summed E-state index contributed by atoms with van der Waals surface area (Å²) in [5, 5.41) is 9.01. The number of rotatable bonds is 7. The number of carbonyl (C=O) groups is 1. The summed E-state index contributed by atoms with van der Waals surface area (Å²) in [6, 6.07) is 5.27. The summed E-state index contributed by atoms with van der Waals surface area (Å²) in [4.78, 5) is 12.0. The Hall–Kier alpha value is -1.16. The van der Waals surface area contributed by atoms with Gasteiger partial charge in [0.1, 0.15) is 11.3 Å².